The van der Waals surface area contributed by atoms with Gasteiger partial charge in [-0.3, -0.25) is 9.88 Å². The van der Waals surface area contributed by atoms with E-state index in [-0.39, 0.29) is 0 Å². The Morgan fingerprint density at radius 1 is 0.906 bits per heavy atom. The fourth-order valence-corrected chi connectivity index (χ4v) is 4.99. The molecular weight excluding hydrogens is 416 g/mol. The van der Waals surface area contributed by atoms with Crippen molar-refractivity contribution in [3.05, 3.63) is 41.9 Å². The lowest BCUT2D eigenvalue weighted by Crippen LogP contribution is -2.44. The van der Waals surface area contributed by atoms with Crippen LogP contribution in [0.2, 0.25) is 0 Å². The van der Waals surface area contributed by atoms with Gasteiger partial charge in [-0.05, 0) is 76.2 Å². The van der Waals surface area contributed by atoms with Gasteiger partial charge in [0.2, 0.25) is 0 Å². The first-order valence-electron chi connectivity index (χ1n) is 12.2. The number of fused-ring (bicyclic) bond motifs is 1. The second-order valence-electron chi connectivity index (χ2n) is 8.39. The van der Waals surface area contributed by atoms with Crippen LogP contribution in [-0.4, -0.2) is 77.3 Å². The molecule has 6 nitrogen and oxygen atoms in total. The van der Waals surface area contributed by atoms with Crippen molar-refractivity contribution in [3.8, 4) is 0 Å². The molecule has 1 aliphatic carbocycles. The van der Waals surface area contributed by atoms with Crippen LogP contribution in [0.25, 0.3) is 0 Å². The van der Waals surface area contributed by atoms with Crippen molar-refractivity contribution >= 4 is 17.6 Å². The van der Waals surface area contributed by atoms with Crippen LogP contribution in [0.15, 0.2) is 35.7 Å². The normalized spacial score (nSPS) is 21.1. The lowest BCUT2D eigenvalue weighted by atomic mass is 9.91. The molecule has 1 atom stereocenters. The van der Waals surface area contributed by atoms with E-state index in [9.17, 15) is 0 Å². The fraction of sp³-hybridized carbons (Fsp3) is 0.640. The first-order chi connectivity index (χ1) is 15.7. The van der Waals surface area contributed by atoms with Crippen LogP contribution in [0.5, 0.6) is 0 Å². The molecule has 0 bridgehead atoms. The van der Waals surface area contributed by atoms with Gasteiger partial charge in [0.15, 0.2) is 5.16 Å². The van der Waals surface area contributed by atoms with E-state index in [0.717, 1.165) is 37.2 Å². The van der Waals surface area contributed by atoms with Gasteiger partial charge in [0.1, 0.15) is 5.82 Å². The Labute approximate surface area is 198 Å². The molecule has 0 spiro atoms. The molecule has 4 heterocycles. The summed E-state index contributed by atoms with van der Waals surface area (Å²) in [5, 5.41) is 0.853. The summed E-state index contributed by atoms with van der Waals surface area (Å²) in [7, 11) is 2.16. The Bertz CT molecular complexity index is 803. The van der Waals surface area contributed by atoms with E-state index in [4.69, 9.17) is 0 Å². The van der Waals surface area contributed by atoms with Crippen molar-refractivity contribution in [2.75, 3.05) is 57.5 Å². The molecule has 7 heteroatoms. The van der Waals surface area contributed by atoms with Gasteiger partial charge in [-0.1, -0.05) is 31.7 Å². The van der Waals surface area contributed by atoms with Gasteiger partial charge >= 0.3 is 0 Å². The molecule has 32 heavy (non-hydrogen) atoms. The second kappa shape index (κ2) is 13.1. The van der Waals surface area contributed by atoms with E-state index in [1.54, 1.807) is 11.8 Å². The largest absolute Gasteiger partial charge is 0.354 e. The lowest BCUT2D eigenvalue weighted by molar-refractivity contribution is 0.216. The maximum absolute atomic E-state index is 4.60. The molecule has 2 aromatic heterocycles. The highest BCUT2D eigenvalue weighted by molar-refractivity contribution is 7.98. The van der Waals surface area contributed by atoms with Crippen molar-refractivity contribution in [2.45, 2.75) is 57.1 Å². The number of nitrogens with zero attached hydrogens (tertiary/aromatic N) is 6. The zero-order valence-electron chi connectivity index (χ0n) is 20.3. The second-order valence-corrected chi connectivity index (χ2v) is 9.16. The number of likely N-dealkylation sites (tertiary alicyclic amines) is 1. The van der Waals surface area contributed by atoms with Crippen LogP contribution in [0.4, 0.5) is 5.82 Å². The number of anilines is 1. The minimum atomic E-state index is 0.623. The zero-order chi connectivity index (χ0) is 22.8. The van der Waals surface area contributed by atoms with Gasteiger partial charge in [0, 0.05) is 38.6 Å². The van der Waals surface area contributed by atoms with Gasteiger partial charge < -0.3 is 9.80 Å². The van der Waals surface area contributed by atoms with Gasteiger partial charge in [0.05, 0.1) is 11.7 Å². The highest BCUT2D eigenvalue weighted by Gasteiger charge is 2.28. The Kier molecular flexibility index (Phi) is 10.2. The predicted molar refractivity (Wildman–Crippen MR) is 136 cm³/mol. The summed E-state index contributed by atoms with van der Waals surface area (Å²) >= 11 is 1.59. The summed E-state index contributed by atoms with van der Waals surface area (Å²) < 4.78 is 0. The average Bonchev–Trinajstić information content (AvgIpc) is 3.41. The number of hydrogen-bond acceptors (Lipinski definition) is 7. The topological polar surface area (TPSA) is 48.4 Å². The molecule has 2 aliphatic heterocycles. The maximum Gasteiger partial charge on any atom is 0.189 e. The average molecular weight is 457 g/mol. The first-order valence-corrected chi connectivity index (χ1v) is 13.5. The van der Waals surface area contributed by atoms with E-state index < -0.39 is 0 Å². The van der Waals surface area contributed by atoms with Crippen LogP contribution in [0, 0.1) is 0 Å². The molecule has 0 aromatic carbocycles. The summed E-state index contributed by atoms with van der Waals surface area (Å²) in [6.45, 7) is 10.9. The molecule has 2 fully saturated rings. The molecule has 3 aliphatic rings. The third-order valence-electron chi connectivity index (χ3n) is 6.38. The van der Waals surface area contributed by atoms with Crippen molar-refractivity contribution in [1.29, 1.82) is 0 Å². The highest BCUT2D eigenvalue weighted by Crippen LogP contribution is 2.34. The van der Waals surface area contributed by atoms with Crippen LogP contribution in [0.1, 0.15) is 56.8 Å². The number of pyridine rings is 1. The molecule has 5 rings (SSSR count). The van der Waals surface area contributed by atoms with Crippen LogP contribution >= 0.6 is 11.8 Å². The molecule has 0 N–H and O–H groups in total. The number of piperazine rings is 1. The first kappa shape index (κ1) is 24.9. The highest BCUT2D eigenvalue weighted by atomic mass is 32.2. The molecule has 2 saturated heterocycles. The Morgan fingerprint density at radius 3 is 2.38 bits per heavy atom. The van der Waals surface area contributed by atoms with Crippen LogP contribution in [-0.2, 0) is 6.42 Å². The fourth-order valence-electron chi connectivity index (χ4n) is 4.64. The molecule has 2 aromatic rings. The number of thioether (sulfide) groups is 1. The molecule has 0 saturated carbocycles. The monoisotopic (exact) mass is 456 g/mol. The molecule has 0 unspecified atom stereocenters. The van der Waals surface area contributed by atoms with Crippen molar-refractivity contribution < 1.29 is 0 Å². The number of hydrogen-bond donors (Lipinski definition) is 0. The minimum Gasteiger partial charge on any atom is -0.354 e. The molecule has 0 amide bonds. The van der Waals surface area contributed by atoms with Crippen molar-refractivity contribution in [2.24, 2.45) is 0 Å². The van der Waals surface area contributed by atoms with Crippen LogP contribution in [0.3, 0.4) is 0 Å². The zero-order valence-corrected chi connectivity index (χ0v) is 21.2. The van der Waals surface area contributed by atoms with E-state index in [1.807, 2.05) is 38.6 Å². The van der Waals surface area contributed by atoms with E-state index >= 15 is 0 Å². The van der Waals surface area contributed by atoms with Gasteiger partial charge in [-0.2, -0.15) is 0 Å². The lowest BCUT2D eigenvalue weighted by Gasteiger charge is -2.33. The van der Waals surface area contributed by atoms with Crippen molar-refractivity contribution in [1.82, 2.24) is 24.8 Å². The molecule has 0 radical (unpaired) electrons. The number of aromatic nitrogens is 3. The summed E-state index contributed by atoms with van der Waals surface area (Å²) in [6.07, 6.45) is 12.4. The van der Waals surface area contributed by atoms with Gasteiger partial charge in [0.25, 0.3) is 0 Å². The van der Waals surface area contributed by atoms with E-state index in [2.05, 4.69) is 48.8 Å². The Morgan fingerprint density at radius 2 is 1.66 bits per heavy atom. The third-order valence-corrected chi connectivity index (χ3v) is 6.94. The smallest absolute Gasteiger partial charge is 0.189 e. The van der Waals surface area contributed by atoms with Crippen molar-refractivity contribution in [3.63, 3.8) is 0 Å². The summed E-state index contributed by atoms with van der Waals surface area (Å²) in [4.78, 5) is 20.6. The van der Waals surface area contributed by atoms with E-state index in [0.29, 0.717) is 6.04 Å². The summed E-state index contributed by atoms with van der Waals surface area (Å²) in [5.74, 6) is 1.06. The summed E-state index contributed by atoms with van der Waals surface area (Å²) in [6, 6.07) is 6.94. The summed E-state index contributed by atoms with van der Waals surface area (Å²) in [5.41, 5.74) is 2.85. The Hall–Kier alpha value is -1.70. The standard InChI is InChI=1S/C13H18N2.C10H16N4S.C2H6/c1-2-10-15(9-1)12-7-3-5-11-6-4-8-14-13(11)12;1-13-5-7-14(8-6-13)9-3-4-11-10(12-9)15-2;1-2/h4,6,8,12H,1-3,5,7,9-10H2;3-4H,5-8H2,1-2H3;1-2H3/t12-;;/m0../s1. The number of rotatable bonds is 3. The van der Waals surface area contributed by atoms with Gasteiger partial charge in [-0.15, -0.1) is 0 Å². The van der Waals surface area contributed by atoms with Gasteiger partial charge in [-0.25, -0.2) is 9.97 Å². The minimum absolute atomic E-state index is 0.623. The molecular formula is C25H40N6S. The third kappa shape index (κ3) is 6.65. The van der Waals surface area contributed by atoms with Crippen LogP contribution < -0.4 is 4.90 Å². The quantitative estimate of drug-likeness (QED) is 0.497. The van der Waals surface area contributed by atoms with E-state index in [1.165, 1.54) is 56.5 Å². The maximum atomic E-state index is 4.60. The molecule has 176 valence electrons. The number of aryl methyl sites for hydroxylation is 1. The Balaban J connectivity index is 0.000000168. The predicted octanol–water partition coefficient (Wildman–Crippen LogP) is 4.53. The number of likely N-dealkylation sites (N-methyl/N-ethyl adjacent to an activating group) is 1. The SMILES string of the molecule is CC.CSc1nccc(N2CCN(C)CC2)n1.c1cnc2c(c1)CCC[C@@H]2N1CCCC1.